The van der Waals surface area contributed by atoms with Crippen LogP contribution in [0.4, 0.5) is 0 Å². The van der Waals surface area contributed by atoms with Gasteiger partial charge in [0.25, 0.3) is 0 Å². The highest BCUT2D eigenvalue weighted by atomic mass is 35.5. The minimum absolute atomic E-state index is 0. The molecule has 0 unspecified atom stereocenters. The summed E-state index contributed by atoms with van der Waals surface area (Å²) in [5.41, 5.74) is 7.15. The molecule has 132 valence electrons. The van der Waals surface area contributed by atoms with E-state index in [-0.39, 0.29) is 25.6 Å². The van der Waals surface area contributed by atoms with E-state index in [1.54, 1.807) is 6.08 Å². The van der Waals surface area contributed by atoms with Crippen molar-refractivity contribution in [2.75, 3.05) is 13.2 Å². The van der Waals surface area contributed by atoms with Crippen molar-refractivity contribution in [1.82, 2.24) is 0 Å². The lowest BCUT2D eigenvalue weighted by Gasteiger charge is -2.19. The van der Waals surface area contributed by atoms with Gasteiger partial charge < -0.3 is 15.9 Å². The first-order valence-electron chi connectivity index (χ1n) is 8.42. The topological polar surface area (TPSA) is 66.5 Å². The van der Waals surface area contributed by atoms with Gasteiger partial charge in [-0.1, -0.05) is 75.4 Å². The number of halogens is 1. The predicted octanol–water partition coefficient (Wildman–Crippen LogP) is 3.71. The zero-order valence-electron chi connectivity index (χ0n) is 14.2. The first-order valence-corrected chi connectivity index (χ1v) is 8.42. The average Bonchev–Trinajstić information content (AvgIpc) is 2.57. The maximum atomic E-state index is 9.15. The number of aliphatic hydroxyl groups is 2. The van der Waals surface area contributed by atoms with E-state index in [2.05, 4.69) is 31.2 Å². The number of hydrogen-bond donors (Lipinski definition) is 3. The zero-order chi connectivity index (χ0) is 16.3. The van der Waals surface area contributed by atoms with Crippen molar-refractivity contribution >= 4 is 18.5 Å². The highest BCUT2D eigenvalue weighted by Crippen LogP contribution is 2.13. The molecule has 0 heterocycles. The van der Waals surface area contributed by atoms with Gasteiger partial charge in [0.05, 0.1) is 18.8 Å². The highest BCUT2D eigenvalue weighted by molar-refractivity contribution is 5.85. The smallest absolute Gasteiger partial charge is 0.0811 e. The fourth-order valence-corrected chi connectivity index (χ4v) is 2.32. The third-order valence-corrected chi connectivity index (χ3v) is 4.00. The maximum Gasteiger partial charge on any atom is 0.0811 e. The molecule has 3 nitrogen and oxygen atoms in total. The normalized spacial score (nSPS) is 11.7. The Morgan fingerprint density at radius 1 is 0.957 bits per heavy atom. The molecule has 0 fully saturated rings. The van der Waals surface area contributed by atoms with Crippen LogP contribution in [0.15, 0.2) is 30.3 Å². The number of benzene rings is 1. The molecular weight excluding hydrogens is 310 g/mol. The second-order valence-corrected chi connectivity index (χ2v) is 6.14. The molecule has 23 heavy (non-hydrogen) atoms. The lowest BCUT2D eigenvalue weighted by atomic mass is 10.0. The molecule has 0 aliphatic rings. The SMILES string of the molecule is CCCCCCCCc1ccc(/C=C/C(N)(CO)CO)cc1.Cl. The fourth-order valence-electron chi connectivity index (χ4n) is 2.32. The van der Waals surface area contributed by atoms with Gasteiger partial charge in [0.2, 0.25) is 0 Å². The number of hydrogen-bond acceptors (Lipinski definition) is 3. The van der Waals surface area contributed by atoms with Crippen LogP contribution >= 0.6 is 12.4 Å². The number of rotatable bonds is 11. The van der Waals surface area contributed by atoms with Gasteiger partial charge in [-0.25, -0.2) is 0 Å². The van der Waals surface area contributed by atoms with Crippen molar-refractivity contribution in [1.29, 1.82) is 0 Å². The Kier molecular flexibility index (Phi) is 12.1. The molecule has 0 aromatic heterocycles. The summed E-state index contributed by atoms with van der Waals surface area (Å²) in [6, 6.07) is 8.39. The Balaban J connectivity index is 0.00000484. The second kappa shape index (κ2) is 12.5. The summed E-state index contributed by atoms with van der Waals surface area (Å²) in [4.78, 5) is 0. The summed E-state index contributed by atoms with van der Waals surface area (Å²) in [6.45, 7) is 1.71. The predicted molar refractivity (Wildman–Crippen MR) is 101 cm³/mol. The lowest BCUT2D eigenvalue weighted by molar-refractivity contribution is 0.152. The van der Waals surface area contributed by atoms with Gasteiger partial charge in [0.1, 0.15) is 0 Å². The van der Waals surface area contributed by atoms with Crippen molar-refractivity contribution < 1.29 is 10.2 Å². The van der Waals surface area contributed by atoms with Crippen LogP contribution in [0.2, 0.25) is 0 Å². The van der Waals surface area contributed by atoms with Crippen molar-refractivity contribution in [3.63, 3.8) is 0 Å². The van der Waals surface area contributed by atoms with Gasteiger partial charge in [-0.3, -0.25) is 0 Å². The van der Waals surface area contributed by atoms with Gasteiger partial charge in [-0.2, -0.15) is 0 Å². The molecule has 1 aromatic carbocycles. The van der Waals surface area contributed by atoms with Crippen LogP contribution in [0.1, 0.15) is 56.6 Å². The summed E-state index contributed by atoms with van der Waals surface area (Å²) in [5, 5.41) is 18.3. The molecule has 0 amide bonds. The lowest BCUT2D eigenvalue weighted by Crippen LogP contribution is -2.45. The van der Waals surface area contributed by atoms with E-state index in [0.29, 0.717) is 0 Å². The summed E-state index contributed by atoms with van der Waals surface area (Å²) in [7, 11) is 0. The Labute approximate surface area is 147 Å². The fraction of sp³-hybridized carbons (Fsp3) is 0.579. The van der Waals surface area contributed by atoms with Crippen LogP contribution in [0.5, 0.6) is 0 Å². The molecular formula is C19H32ClNO2. The monoisotopic (exact) mass is 341 g/mol. The first-order chi connectivity index (χ1) is 10.6. The van der Waals surface area contributed by atoms with Crippen LogP contribution in [-0.4, -0.2) is 29.0 Å². The van der Waals surface area contributed by atoms with E-state index in [1.165, 1.54) is 44.1 Å². The van der Waals surface area contributed by atoms with Gasteiger partial charge in [-0.05, 0) is 24.0 Å². The summed E-state index contributed by atoms with van der Waals surface area (Å²) in [5.74, 6) is 0. The number of aryl methyl sites for hydroxylation is 1. The third-order valence-electron chi connectivity index (χ3n) is 4.00. The maximum absolute atomic E-state index is 9.15. The van der Waals surface area contributed by atoms with Crippen LogP contribution in [0, 0.1) is 0 Å². The minimum Gasteiger partial charge on any atom is -0.394 e. The first kappa shape index (κ1) is 22.1. The molecule has 1 aromatic rings. The van der Waals surface area contributed by atoms with Crippen molar-refractivity contribution in [3.8, 4) is 0 Å². The molecule has 0 saturated carbocycles. The molecule has 0 aliphatic heterocycles. The Hall–Kier alpha value is -0.870. The molecule has 0 atom stereocenters. The average molecular weight is 342 g/mol. The number of unbranched alkanes of at least 4 members (excludes halogenated alkanes) is 5. The number of nitrogens with two attached hydrogens (primary N) is 1. The van der Waals surface area contributed by atoms with Gasteiger partial charge in [0, 0.05) is 0 Å². The van der Waals surface area contributed by atoms with Gasteiger partial charge in [0.15, 0.2) is 0 Å². The largest absolute Gasteiger partial charge is 0.394 e. The summed E-state index contributed by atoms with van der Waals surface area (Å²) in [6.07, 6.45) is 12.6. The molecule has 0 bridgehead atoms. The number of aliphatic hydroxyl groups excluding tert-OH is 2. The molecule has 1 rings (SSSR count). The third kappa shape index (κ3) is 9.11. The van der Waals surface area contributed by atoms with Crippen molar-refractivity contribution in [2.24, 2.45) is 5.73 Å². The Morgan fingerprint density at radius 3 is 2.09 bits per heavy atom. The van der Waals surface area contributed by atoms with Crippen molar-refractivity contribution in [2.45, 2.75) is 57.4 Å². The summed E-state index contributed by atoms with van der Waals surface area (Å²) < 4.78 is 0. The van der Waals surface area contributed by atoms with E-state index in [1.807, 2.05) is 6.08 Å². The molecule has 0 spiro atoms. The Morgan fingerprint density at radius 2 is 1.52 bits per heavy atom. The van der Waals surface area contributed by atoms with E-state index < -0.39 is 5.54 Å². The van der Waals surface area contributed by atoms with E-state index in [9.17, 15) is 0 Å². The van der Waals surface area contributed by atoms with E-state index >= 15 is 0 Å². The van der Waals surface area contributed by atoms with Crippen LogP contribution in [0.3, 0.4) is 0 Å². The van der Waals surface area contributed by atoms with E-state index in [0.717, 1.165) is 12.0 Å². The van der Waals surface area contributed by atoms with Crippen LogP contribution in [-0.2, 0) is 6.42 Å². The van der Waals surface area contributed by atoms with Crippen LogP contribution < -0.4 is 5.73 Å². The van der Waals surface area contributed by atoms with Gasteiger partial charge >= 0.3 is 0 Å². The highest BCUT2D eigenvalue weighted by Gasteiger charge is 2.18. The van der Waals surface area contributed by atoms with Crippen LogP contribution in [0.25, 0.3) is 6.08 Å². The molecule has 0 radical (unpaired) electrons. The molecule has 4 heteroatoms. The zero-order valence-corrected chi connectivity index (χ0v) is 15.0. The Bertz CT molecular complexity index is 428. The summed E-state index contributed by atoms with van der Waals surface area (Å²) >= 11 is 0. The molecule has 4 N–H and O–H groups in total. The molecule has 0 aliphatic carbocycles. The van der Waals surface area contributed by atoms with E-state index in [4.69, 9.17) is 15.9 Å². The minimum atomic E-state index is -1.04. The molecule has 0 saturated heterocycles. The quantitative estimate of drug-likeness (QED) is 0.537. The second-order valence-electron chi connectivity index (χ2n) is 6.14. The van der Waals surface area contributed by atoms with Gasteiger partial charge in [-0.15, -0.1) is 12.4 Å². The standard InChI is InChI=1S/C19H31NO2.ClH/c1-2-3-4-5-6-7-8-17-9-11-18(12-10-17)13-14-19(20,15-21)16-22;/h9-14,21-22H,2-8,15-16,20H2,1H3;1H/b14-13+;. The van der Waals surface area contributed by atoms with Crippen molar-refractivity contribution in [3.05, 3.63) is 41.5 Å².